The van der Waals surface area contributed by atoms with Gasteiger partial charge in [-0.25, -0.2) is 0 Å². The molecule has 0 heterocycles. The maximum Gasteiger partial charge on any atom is 0.307 e. The van der Waals surface area contributed by atoms with Crippen molar-refractivity contribution in [2.45, 2.75) is 129 Å². The topological polar surface area (TPSA) is 52.3 Å². The Bertz CT molecular complexity index is 503. The third kappa shape index (κ3) is 16.4. The van der Waals surface area contributed by atoms with Crippen molar-refractivity contribution in [3.63, 3.8) is 0 Å². The van der Waals surface area contributed by atoms with Gasteiger partial charge in [0.15, 0.2) is 6.23 Å². The average molecular weight is 418 g/mol. The molecule has 0 spiro atoms. The van der Waals surface area contributed by atoms with E-state index in [2.05, 4.69) is 19.1 Å². The zero-order valence-electron chi connectivity index (χ0n) is 19.6. The van der Waals surface area contributed by atoms with E-state index in [1.54, 1.807) is 0 Å². The summed E-state index contributed by atoms with van der Waals surface area (Å²) in [4.78, 5) is 11.9. The highest BCUT2D eigenvalue weighted by Gasteiger charge is 2.09. The molecular formula is C27H47NO2. The first kappa shape index (κ1) is 26.7. The summed E-state index contributed by atoms with van der Waals surface area (Å²) < 4.78 is 5.33. The maximum atomic E-state index is 11.9. The van der Waals surface area contributed by atoms with Gasteiger partial charge in [-0.05, 0) is 18.4 Å². The number of benzene rings is 1. The number of ether oxygens (including phenoxy) is 1. The van der Waals surface area contributed by atoms with E-state index in [-0.39, 0.29) is 5.97 Å². The van der Waals surface area contributed by atoms with E-state index < -0.39 is 6.23 Å². The molecule has 0 aliphatic heterocycles. The molecule has 0 saturated heterocycles. The number of rotatable bonds is 20. The van der Waals surface area contributed by atoms with E-state index in [1.165, 1.54) is 89.0 Å². The van der Waals surface area contributed by atoms with Crippen LogP contribution in [0.25, 0.3) is 0 Å². The Kier molecular flexibility index (Phi) is 17.4. The summed E-state index contributed by atoms with van der Waals surface area (Å²) >= 11 is 0. The highest BCUT2D eigenvalue weighted by atomic mass is 16.6. The molecule has 0 aromatic heterocycles. The quantitative estimate of drug-likeness (QED) is 0.134. The van der Waals surface area contributed by atoms with Crippen molar-refractivity contribution in [2.24, 2.45) is 5.73 Å². The Hall–Kier alpha value is -1.35. The molecule has 2 N–H and O–H groups in total. The second kappa shape index (κ2) is 19.6. The van der Waals surface area contributed by atoms with Crippen LogP contribution < -0.4 is 5.73 Å². The molecule has 3 nitrogen and oxygen atoms in total. The lowest BCUT2D eigenvalue weighted by atomic mass is 10.0. The number of hydrogen-bond donors (Lipinski definition) is 1. The van der Waals surface area contributed by atoms with Crippen molar-refractivity contribution in [1.82, 2.24) is 0 Å². The van der Waals surface area contributed by atoms with Gasteiger partial charge in [0.05, 0.1) is 0 Å². The molecule has 3 heteroatoms. The minimum atomic E-state index is -0.492. The minimum absolute atomic E-state index is 0.148. The summed E-state index contributed by atoms with van der Waals surface area (Å²) in [7, 11) is 0. The van der Waals surface area contributed by atoms with E-state index in [0.717, 1.165) is 19.3 Å². The van der Waals surface area contributed by atoms with Crippen molar-refractivity contribution in [3.05, 3.63) is 35.9 Å². The van der Waals surface area contributed by atoms with Crippen molar-refractivity contribution >= 4 is 5.97 Å². The smallest absolute Gasteiger partial charge is 0.307 e. The lowest BCUT2D eigenvalue weighted by Crippen LogP contribution is -2.27. The normalized spacial score (nSPS) is 12.1. The molecular weight excluding hydrogens is 370 g/mol. The van der Waals surface area contributed by atoms with Gasteiger partial charge in [-0.15, -0.1) is 0 Å². The fourth-order valence-electron chi connectivity index (χ4n) is 3.88. The number of aryl methyl sites for hydroxylation is 1. The van der Waals surface area contributed by atoms with Crippen LogP contribution in [0.5, 0.6) is 0 Å². The fourth-order valence-corrected chi connectivity index (χ4v) is 3.88. The van der Waals surface area contributed by atoms with Gasteiger partial charge < -0.3 is 4.74 Å². The van der Waals surface area contributed by atoms with Crippen LogP contribution in [0, 0.1) is 0 Å². The van der Waals surface area contributed by atoms with E-state index in [4.69, 9.17) is 10.5 Å². The minimum Gasteiger partial charge on any atom is -0.447 e. The first-order valence-electron chi connectivity index (χ1n) is 12.7. The number of hydrogen-bond acceptors (Lipinski definition) is 3. The van der Waals surface area contributed by atoms with Gasteiger partial charge in [0.2, 0.25) is 0 Å². The first-order valence-corrected chi connectivity index (χ1v) is 12.7. The van der Waals surface area contributed by atoms with Crippen molar-refractivity contribution < 1.29 is 9.53 Å². The third-order valence-electron chi connectivity index (χ3n) is 5.83. The summed E-state index contributed by atoms with van der Waals surface area (Å²) in [5.41, 5.74) is 7.16. The van der Waals surface area contributed by atoms with Crippen LogP contribution in [0.15, 0.2) is 30.3 Å². The van der Waals surface area contributed by atoms with Crippen LogP contribution in [0.4, 0.5) is 0 Å². The van der Waals surface area contributed by atoms with Gasteiger partial charge >= 0.3 is 5.97 Å². The van der Waals surface area contributed by atoms with Crippen molar-refractivity contribution in [3.8, 4) is 0 Å². The van der Waals surface area contributed by atoms with Crippen LogP contribution in [0.3, 0.4) is 0 Å². The molecule has 1 aromatic rings. The molecule has 30 heavy (non-hydrogen) atoms. The monoisotopic (exact) mass is 417 g/mol. The number of carbonyl (C=O) groups is 1. The molecule has 0 radical (unpaired) electrons. The fraction of sp³-hybridized carbons (Fsp3) is 0.741. The lowest BCUT2D eigenvalue weighted by Gasteiger charge is -2.13. The van der Waals surface area contributed by atoms with Crippen LogP contribution in [0.1, 0.15) is 122 Å². The number of carbonyl (C=O) groups excluding carboxylic acids is 1. The second-order valence-electron chi connectivity index (χ2n) is 8.75. The molecule has 1 rings (SSSR count). The molecule has 0 amide bonds. The third-order valence-corrected chi connectivity index (χ3v) is 5.83. The molecule has 172 valence electrons. The van der Waals surface area contributed by atoms with Gasteiger partial charge in [-0.1, -0.05) is 127 Å². The van der Waals surface area contributed by atoms with Gasteiger partial charge in [0.25, 0.3) is 0 Å². The zero-order chi connectivity index (χ0) is 21.7. The number of esters is 1. The molecule has 0 fully saturated rings. The highest BCUT2D eigenvalue weighted by molar-refractivity contribution is 5.69. The Morgan fingerprint density at radius 3 is 1.73 bits per heavy atom. The standard InChI is InChI=1S/C27H47NO2/c1-2-3-4-5-6-7-8-9-10-11-12-13-14-15-19-22-27(29)30-26(28)24-23-25-20-17-16-18-21-25/h16-18,20-21,26H,2-15,19,22-24,28H2,1H3. The first-order chi connectivity index (χ1) is 14.7. The Labute approximate surface area is 186 Å². The predicted molar refractivity (Wildman–Crippen MR) is 128 cm³/mol. The Balaban J connectivity index is 1.82. The van der Waals surface area contributed by atoms with E-state index in [1.807, 2.05) is 18.2 Å². The molecule has 1 aromatic carbocycles. The molecule has 0 aliphatic rings. The lowest BCUT2D eigenvalue weighted by molar-refractivity contribution is -0.149. The van der Waals surface area contributed by atoms with Gasteiger partial charge in [0.1, 0.15) is 0 Å². The second-order valence-corrected chi connectivity index (χ2v) is 8.75. The summed E-state index contributed by atoms with van der Waals surface area (Å²) in [5, 5.41) is 0. The summed E-state index contributed by atoms with van der Waals surface area (Å²) in [6.07, 6.45) is 21.5. The van der Waals surface area contributed by atoms with Crippen LogP contribution >= 0.6 is 0 Å². The van der Waals surface area contributed by atoms with Crippen LogP contribution in [-0.2, 0) is 16.0 Å². The van der Waals surface area contributed by atoms with Crippen LogP contribution in [-0.4, -0.2) is 12.2 Å². The van der Waals surface area contributed by atoms with E-state index in [9.17, 15) is 4.79 Å². The molecule has 0 saturated carbocycles. The van der Waals surface area contributed by atoms with Gasteiger partial charge in [0, 0.05) is 12.8 Å². The highest BCUT2D eigenvalue weighted by Crippen LogP contribution is 2.14. The largest absolute Gasteiger partial charge is 0.447 e. The van der Waals surface area contributed by atoms with E-state index in [0.29, 0.717) is 12.8 Å². The Morgan fingerprint density at radius 2 is 1.23 bits per heavy atom. The predicted octanol–water partition coefficient (Wildman–Crippen LogP) is 7.71. The summed E-state index contributed by atoms with van der Waals surface area (Å²) in [6.45, 7) is 2.28. The van der Waals surface area contributed by atoms with Crippen molar-refractivity contribution in [1.29, 1.82) is 0 Å². The van der Waals surface area contributed by atoms with Crippen molar-refractivity contribution in [2.75, 3.05) is 0 Å². The number of nitrogens with two attached hydrogens (primary N) is 1. The molecule has 0 bridgehead atoms. The summed E-state index contributed by atoms with van der Waals surface area (Å²) in [6, 6.07) is 10.2. The SMILES string of the molecule is CCCCCCCCCCCCCCCCCC(=O)OC(N)CCc1ccccc1. The molecule has 1 atom stereocenters. The van der Waals surface area contributed by atoms with E-state index >= 15 is 0 Å². The van der Waals surface area contributed by atoms with Gasteiger partial charge in [-0.2, -0.15) is 0 Å². The van der Waals surface area contributed by atoms with Gasteiger partial charge in [-0.3, -0.25) is 10.5 Å². The Morgan fingerprint density at radius 1 is 0.767 bits per heavy atom. The maximum absolute atomic E-state index is 11.9. The number of unbranched alkanes of at least 4 members (excludes halogenated alkanes) is 14. The zero-order valence-corrected chi connectivity index (χ0v) is 19.6. The molecule has 1 unspecified atom stereocenters. The summed E-state index contributed by atoms with van der Waals surface area (Å²) in [5.74, 6) is -0.148. The van der Waals surface area contributed by atoms with Crippen LogP contribution in [0.2, 0.25) is 0 Å². The average Bonchev–Trinajstić information content (AvgIpc) is 2.75. The molecule has 0 aliphatic carbocycles.